The van der Waals surface area contributed by atoms with Crippen LogP contribution in [0.1, 0.15) is 13.8 Å². The number of carbonyl (C=O) groups excluding carboxylic acids is 1. The van der Waals surface area contributed by atoms with E-state index >= 15 is 4.39 Å². The number of halogens is 1. The van der Waals surface area contributed by atoms with Crippen molar-refractivity contribution >= 4 is 22.8 Å². The molecule has 0 spiro atoms. The van der Waals surface area contributed by atoms with Gasteiger partial charge in [0.25, 0.3) is 5.91 Å². The van der Waals surface area contributed by atoms with Gasteiger partial charge in [0, 0.05) is 37.2 Å². The minimum absolute atomic E-state index is 0.0203. The highest BCUT2D eigenvalue weighted by atomic mass is 19.1. The molecule has 1 saturated heterocycles. The maximum atomic E-state index is 15.0. The van der Waals surface area contributed by atoms with Gasteiger partial charge in [-0.05, 0) is 44.2 Å². The molecule has 11 heteroatoms. The smallest absolute Gasteiger partial charge is 0.327 e. The average molecular weight is 494 g/mol. The second-order valence-electron chi connectivity index (χ2n) is 8.50. The zero-order valence-electron chi connectivity index (χ0n) is 20.7. The van der Waals surface area contributed by atoms with Crippen molar-refractivity contribution in [2.24, 2.45) is 0 Å². The summed E-state index contributed by atoms with van der Waals surface area (Å²) in [4.78, 5) is 29.0. The van der Waals surface area contributed by atoms with Crippen LogP contribution in [0, 0.1) is 0 Å². The van der Waals surface area contributed by atoms with Crippen LogP contribution >= 0.6 is 0 Å². The number of rotatable bonds is 7. The van der Waals surface area contributed by atoms with Gasteiger partial charge in [0.2, 0.25) is 5.95 Å². The van der Waals surface area contributed by atoms with Gasteiger partial charge >= 0.3 is 6.01 Å². The number of anilines is 1. The van der Waals surface area contributed by atoms with E-state index < -0.39 is 11.7 Å². The van der Waals surface area contributed by atoms with Crippen LogP contribution in [0.3, 0.4) is 0 Å². The fraction of sp³-hybridized carbons (Fsp3) is 0.320. The van der Waals surface area contributed by atoms with E-state index in [0.717, 1.165) is 22.5 Å². The quantitative estimate of drug-likeness (QED) is 0.303. The number of benzene rings is 1. The molecular formula is C25H28FN7O3. The first kappa shape index (κ1) is 25.0. The van der Waals surface area contributed by atoms with Crippen LogP contribution < -0.4 is 9.64 Å². The predicted molar refractivity (Wildman–Crippen MR) is 134 cm³/mol. The third kappa shape index (κ3) is 5.41. The van der Waals surface area contributed by atoms with E-state index in [2.05, 4.69) is 31.7 Å². The van der Waals surface area contributed by atoms with Gasteiger partial charge in [-0.25, -0.2) is 4.39 Å². The molecule has 0 bridgehead atoms. The Labute approximate surface area is 208 Å². The molecule has 2 aromatic heterocycles. The molecule has 36 heavy (non-hydrogen) atoms. The minimum Gasteiger partial charge on any atom is -0.421 e. The van der Waals surface area contributed by atoms with Crippen molar-refractivity contribution in [1.82, 2.24) is 30.0 Å². The van der Waals surface area contributed by atoms with Gasteiger partial charge in [0.05, 0.1) is 31.0 Å². The molecule has 0 radical (unpaired) electrons. The minimum atomic E-state index is -0.777. The van der Waals surface area contributed by atoms with Crippen molar-refractivity contribution in [2.75, 3.05) is 38.8 Å². The van der Waals surface area contributed by atoms with Crippen LogP contribution in [0.2, 0.25) is 0 Å². The number of ether oxygens (including phenoxy) is 2. The molecule has 0 aliphatic carbocycles. The van der Waals surface area contributed by atoms with Gasteiger partial charge in [-0.1, -0.05) is 6.58 Å². The Morgan fingerprint density at radius 1 is 1.33 bits per heavy atom. The second kappa shape index (κ2) is 10.6. The molecule has 188 valence electrons. The number of carbonyl (C=O) groups is 1. The van der Waals surface area contributed by atoms with Gasteiger partial charge in [-0.15, -0.1) is 0 Å². The summed E-state index contributed by atoms with van der Waals surface area (Å²) < 4.78 is 26.4. The Morgan fingerprint density at radius 3 is 2.86 bits per heavy atom. The third-order valence-corrected chi connectivity index (χ3v) is 5.61. The number of hydrogen-bond acceptors (Lipinski definition) is 8. The molecule has 1 aromatic carbocycles. The molecule has 3 heterocycles. The van der Waals surface area contributed by atoms with Crippen LogP contribution in [0.4, 0.5) is 10.3 Å². The lowest BCUT2D eigenvalue weighted by atomic mass is 10.1. The molecule has 1 unspecified atom stereocenters. The molecule has 3 aromatic rings. The molecule has 10 nitrogen and oxygen atoms in total. The first-order valence-electron chi connectivity index (χ1n) is 11.4. The molecule has 1 aliphatic rings. The lowest BCUT2D eigenvalue weighted by Crippen LogP contribution is -2.44. The largest absolute Gasteiger partial charge is 0.421 e. The van der Waals surface area contributed by atoms with E-state index in [0.29, 0.717) is 31.5 Å². The van der Waals surface area contributed by atoms with E-state index in [1.807, 2.05) is 30.0 Å². The van der Waals surface area contributed by atoms with Crippen LogP contribution in [-0.4, -0.2) is 75.9 Å². The topological polar surface area (TPSA) is 109 Å². The number of nitrogens with zero attached hydrogens (tertiary/aromatic N) is 6. The average Bonchev–Trinajstić information content (AvgIpc) is 3.34. The van der Waals surface area contributed by atoms with E-state index in [1.165, 1.54) is 11.0 Å². The van der Waals surface area contributed by atoms with Gasteiger partial charge < -0.3 is 19.3 Å². The number of aromatic nitrogens is 5. The number of H-pyrrole nitrogens is 1. The van der Waals surface area contributed by atoms with Crippen molar-refractivity contribution in [2.45, 2.75) is 19.9 Å². The molecular weight excluding hydrogens is 465 g/mol. The van der Waals surface area contributed by atoms with E-state index in [-0.39, 0.29) is 23.4 Å². The van der Waals surface area contributed by atoms with Crippen LogP contribution in [-0.2, 0) is 9.53 Å². The summed E-state index contributed by atoms with van der Waals surface area (Å²) in [6.07, 6.45) is 4.16. The number of aromatic amines is 1. The number of allylic oxidation sites excluding steroid dienone is 2. The summed E-state index contributed by atoms with van der Waals surface area (Å²) in [7, 11) is 3.13. The number of morpholine rings is 1. The lowest BCUT2D eigenvalue weighted by Gasteiger charge is -2.33. The summed E-state index contributed by atoms with van der Waals surface area (Å²) in [6.45, 7) is 8.90. The molecule has 1 amide bonds. The zero-order chi connectivity index (χ0) is 25.8. The van der Waals surface area contributed by atoms with Crippen molar-refractivity contribution in [3.63, 3.8) is 0 Å². The highest BCUT2D eigenvalue weighted by molar-refractivity contribution is 5.95. The maximum absolute atomic E-state index is 15.0. The lowest BCUT2D eigenvalue weighted by molar-refractivity contribution is -0.124. The first-order chi connectivity index (χ1) is 17.3. The highest BCUT2D eigenvalue weighted by Crippen LogP contribution is 2.27. The van der Waals surface area contributed by atoms with Gasteiger partial charge in [-0.3, -0.25) is 9.89 Å². The number of hydrogen-bond donors (Lipinski definition) is 1. The molecule has 1 N–H and O–H groups in total. The Hall–Kier alpha value is -4.12. The van der Waals surface area contributed by atoms with Crippen molar-refractivity contribution < 1.29 is 18.7 Å². The standard InChI is InChI=1S/C25H28FN7O3/c1-6-21(19(26)11-15(2)23(34)32(4)5)36-25-29-22(17-7-8-20-18(12-17)13-27-31-20)28-24(30-25)33-9-10-35-14-16(33)3/h6-8,11-13,16H,2,9-10,14H2,1,3-5H3,(H,27,31). The number of nitrogens with one attached hydrogen (secondary N) is 1. The van der Waals surface area contributed by atoms with E-state index in [9.17, 15) is 4.79 Å². The normalized spacial score (nSPS) is 16.8. The molecule has 1 atom stereocenters. The highest BCUT2D eigenvalue weighted by Gasteiger charge is 2.24. The Kier molecular flexibility index (Phi) is 7.39. The number of amides is 1. The van der Waals surface area contributed by atoms with Crippen molar-refractivity contribution in [1.29, 1.82) is 0 Å². The summed E-state index contributed by atoms with van der Waals surface area (Å²) >= 11 is 0. The van der Waals surface area contributed by atoms with Crippen LogP contribution in [0.5, 0.6) is 6.01 Å². The number of likely N-dealkylation sites (N-methyl/N-ethyl adjacent to an activating group) is 1. The van der Waals surface area contributed by atoms with Crippen LogP contribution in [0.15, 0.2) is 60.3 Å². The maximum Gasteiger partial charge on any atom is 0.327 e. The third-order valence-electron chi connectivity index (χ3n) is 5.61. The van der Waals surface area contributed by atoms with E-state index in [1.54, 1.807) is 27.2 Å². The molecule has 4 rings (SSSR count). The summed E-state index contributed by atoms with van der Waals surface area (Å²) in [5, 5.41) is 7.86. The predicted octanol–water partition coefficient (Wildman–Crippen LogP) is 3.42. The second-order valence-corrected chi connectivity index (χ2v) is 8.50. The SMILES string of the molecule is C=C(C=C(F)C(=CC)Oc1nc(-c2ccc3[nH]ncc3c2)nc(N2CCOCC2C)n1)C(=O)N(C)C. The number of fused-ring (bicyclic) bond motifs is 1. The van der Waals surface area contributed by atoms with Crippen LogP contribution in [0.25, 0.3) is 22.3 Å². The zero-order valence-corrected chi connectivity index (χ0v) is 20.7. The van der Waals surface area contributed by atoms with Gasteiger partial charge in [-0.2, -0.15) is 20.1 Å². The summed E-state index contributed by atoms with van der Waals surface area (Å²) in [6, 6.07) is 5.59. The fourth-order valence-corrected chi connectivity index (χ4v) is 3.67. The van der Waals surface area contributed by atoms with E-state index in [4.69, 9.17) is 9.47 Å². The summed E-state index contributed by atoms with van der Waals surface area (Å²) in [5.41, 5.74) is 1.58. The van der Waals surface area contributed by atoms with Gasteiger partial charge in [0.1, 0.15) is 0 Å². The first-order valence-corrected chi connectivity index (χ1v) is 11.4. The fourth-order valence-electron chi connectivity index (χ4n) is 3.67. The Bertz CT molecular complexity index is 1350. The Balaban J connectivity index is 1.71. The molecule has 0 saturated carbocycles. The summed E-state index contributed by atoms with van der Waals surface area (Å²) in [5.74, 6) is -0.581. The van der Waals surface area contributed by atoms with Gasteiger partial charge in [0.15, 0.2) is 17.4 Å². The van der Waals surface area contributed by atoms with Crippen molar-refractivity contribution in [3.05, 3.63) is 60.3 Å². The Morgan fingerprint density at radius 2 is 2.14 bits per heavy atom. The van der Waals surface area contributed by atoms with Crippen molar-refractivity contribution in [3.8, 4) is 17.4 Å². The molecule has 1 aliphatic heterocycles. The molecule has 1 fully saturated rings. The monoisotopic (exact) mass is 493 g/mol.